The molecule has 0 spiro atoms. The highest BCUT2D eigenvalue weighted by atomic mass is 16.3. The van der Waals surface area contributed by atoms with E-state index in [1.165, 1.54) is 5.56 Å². The van der Waals surface area contributed by atoms with Crippen molar-refractivity contribution in [1.29, 1.82) is 0 Å². The largest absolute Gasteiger partial charge is 0.508 e. The van der Waals surface area contributed by atoms with Crippen molar-refractivity contribution in [3.8, 4) is 5.75 Å². The molecule has 2 unspecified atom stereocenters. The Bertz CT molecular complexity index is 335. The van der Waals surface area contributed by atoms with Crippen molar-refractivity contribution in [2.24, 2.45) is 5.92 Å². The molecule has 0 aliphatic carbocycles. The van der Waals surface area contributed by atoms with E-state index in [1.54, 1.807) is 12.1 Å². The van der Waals surface area contributed by atoms with Crippen molar-refractivity contribution in [2.45, 2.75) is 45.7 Å². The Morgan fingerprint density at radius 2 is 1.72 bits per heavy atom. The van der Waals surface area contributed by atoms with E-state index in [0.29, 0.717) is 23.8 Å². The van der Waals surface area contributed by atoms with E-state index in [2.05, 4.69) is 26.1 Å². The van der Waals surface area contributed by atoms with Gasteiger partial charge in [0.25, 0.3) is 0 Å². The second-order valence-electron chi connectivity index (χ2n) is 5.30. The van der Waals surface area contributed by atoms with Gasteiger partial charge in [-0.25, -0.2) is 0 Å². The van der Waals surface area contributed by atoms with Gasteiger partial charge in [-0.1, -0.05) is 26.0 Å². The molecule has 0 fully saturated rings. The zero-order valence-corrected chi connectivity index (χ0v) is 11.6. The zero-order valence-electron chi connectivity index (χ0n) is 11.6. The van der Waals surface area contributed by atoms with Crippen LogP contribution in [0.2, 0.25) is 0 Å². The quantitative estimate of drug-likeness (QED) is 0.697. The van der Waals surface area contributed by atoms with Crippen molar-refractivity contribution >= 4 is 0 Å². The molecule has 18 heavy (non-hydrogen) atoms. The van der Waals surface area contributed by atoms with Crippen LogP contribution in [0.15, 0.2) is 24.3 Å². The molecule has 2 atom stereocenters. The molecule has 0 saturated carbocycles. The first-order valence-electron chi connectivity index (χ1n) is 6.67. The van der Waals surface area contributed by atoms with Crippen molar-refractivity contribution in [2.75, 3.05) is 6.61 Å². The van der Waals surface area contributed by atoms with Gasteiger partial charge in [0.1, 0.15) is 5.75 Å². The summed E-state index contributed by atoms with van der Waals surface area (Å²) < 4.78 is 0. The Morgan fingerprint density at radius 3 is 2.22 bits per heavy atom. The van der Waals surface area contributed by atoms with Crippen LogP contribution in [0.3, 0.4) is 0 Å². The lowest BCUT2D eigenvalue weighted by molar-refractivity contribution is 0.236. The first kappa shape index (κ1) is 15.0. The monoisotopic (exact) mass is 251 g/mol. The number of nitrogens with one attached hydrogen (secondary N) is 1. The number of phenolic OH excluding ortho intramolecular Hbond substituents is 1. The number of hydrogen-bond acceptors (Lipinski definition) is 3. The summed E-state index contributed by atoms with van der Waals surface area (Å²) in [6.07, 6.45) is 1.71. The lowest BCUT2D eigenvalue weighted by Crippen LogP contribution is -2.41. The van der Waals surface area contributed by atoms with Crippen LogP contribution in [0.25, 0.3) is 0 Å². The zero-order chi connectivity index (χ0) is 13.5. The lowest BCUT2D eigenvalue weighted by Gasteiger charge is -2.26. The van der Waals surface area contributed by atoms with Gasteiger partial charge < -0.3 is 15.5 Å². The van der Waals surface area contributed by atoms with Gasteiger partial charge in [0.05, 0.1) is 0 Å². The molecule has 0 saturated heterocycles. The van der Waals surface area contributed by atoms with Gasteiger partial charge in [0.2, 0.25) is 0 Å². The van der Waals surface area contributed by atoms with Gasteiger partial charge in [-0.15, -0.1) is 0 Å². The predicted molar refractivity (Wildman–Crippen MR) is 74.7 cm³/mol. The second-order valence-corrected chi connectivity index (χ2v) is 5.30. The summed E-state index contributed by atoms with van der Waals surface area (Å²) in [6.45, 7) is 6.71. The van der Waals surface area contributed by atoms with E-state index in [4.69, 9.17) is 5.11 Å². The maximum Gasteiger partial charge on any atom is 0.115 e. The summed E-state index contributed by atoms with van der Waals surface area (Å²) in [7, 11) is 0. The van der Waals surface area contributed by atoms with Crippen molar-refractivity contribution < 1.29 is 10.2 Å². The molecule has 1 aromatic rings. The van der Waals surface area contributed by atoms with E-state index < -0.39 is 0 Å². The van der Waals surface area contributed by atoms with E-state index in [-0.39, 0.29) is 6.61 Å². The van der Waals surface area contributed by atoms with Crippen LogP contribution >= 0.6 is 0 Å². The van der Waals surface area contributed by atoms with E-state index in [0.717, 1.165) is 12.8 Å². The summed E-state index contributed by atoms with van der Waals surface area (Å²) in [5, 5.41) is 21.8. The van der Waals surface area contributed by atoms with Gasteiger partial charge in [0, 0.05) is 18.7 Å². The Kier molecular flexibility index (Phi) is 6.16. The molecule has 1 rings (SSSR count). The summed E-state index contributed by atoms with van der Waals surface area (Å²) >= 11 is 0. The number of benzene rings is 1. The third kappa shape index (κ3) is 5.07. The molecular formula is C15H25NO2. The average Bonchev–Trinajstić information content (AvgIpc) is 2.31. The predicted octanol–water partition coefficient (Wildman–Crippen LogP) is 2.32. The molecule has 0 aliphatic rings. The fourth-order valence-corrected chi connectivity index (χ4v) is 2.16. The van der Waals surface area contributed by atoms with Crippen LogP contribution in [-0.4, -0.2) is 28.9 Å². The maximum absolute atomic E-state index is 9.24. The fraction of sp³-hybridized carbons (Fsp3) is 0.600. The van der Waals surface area contributed by atoms with Crippen molar-refractivity contribution in [3.05, 3.63) is 29.8 Å². The fourth-order valence-electron chi connectivity index (χ4n) is 2.16. The Morgan fingerprint density at radius 1 is 1.11 bits per heavy atom. The summed E-state index contributed by atoms with van der Waals surface area (Å²) in [5.41, 5.74) is 1.21. The van der Waals surface area contributed by atoms with Crippen LogP contribution in [0.1, 0.15) is 32.8 Å². The molecule has 3 heteroatoms. The number of rotatable bonds is 7. The van der Waals surface area contributed by atoms with Crippen LogP contribution in [0, 0.1) is 5.92 Å². The van der Waals surface area contributed by atoms with Crippen LogP contribution in [-0.2, 0) is 6.42 Å². The molecule has 0 aromatic heterocycles. The number of aliphatic hydroxyl groups is 1. The number of hydrogen-bond donors (Lipinski definition) is 3. The maximum atomic E-state index is 9.24. The molecule has 102 valence electrons. The molecule has 0 amide bonds. The molecule has 0 aliphatic heterocycles. The van der Waals surface area contributed by atoms with E-state index in [1.807, 2.05) is 12.1 Å². The average molecular weight is 251 g/mol. The topological polar surface area (TPSA) is 52.5 Å². The second kappa shape index (κ2) is 7.39. The lowest BCUT2D eigenvalue weighted by atomic mass is 9.98. The molecule has 0 radical (unpaired) electrons. The smallest absolute Gasteiger partial charge is 0.115 e. The van der Waals surface area contributed by atoms with Crippen LogP contribution < -0.4 is 5.32 Å². The van der Waals surface area contributed by atoms with Crippen LogP contribution in [0.5, 0.6) is 5.75 Å². The molecule has 0 bridgehead atoms. The molecule has 3 N–H and O–H groups in total. The van der Waals surface area contributed by atoms with Crippen molar-refractivity contribution in [1.82, 2.24) is 5.32 Å². The molecule has 1 aromatic carbocycles. The Labute approximate surface area is 110 Å². The molecular weight excluding hydrogens is 226 g/mol. The standard InChI is InChI=1S/C15H25NO2/c1-11(2)15(8-9-17)16-12(3)10-13-4-6-14(18)7-5-13/h4-7,11-12,15-18H,8-10H2,1-3H3. The third-order valence-corrected chi connectivity index (χ3v) is 3.22. The van der Waals surface area contributed by atoms with Gasteiger partial charge in [-0.2, -0.15) is 0 Å². The Hall–Kier alpha value is -1.06. The van der Waals surface area contributed by atoms with Gasteiger partial charge in [-0.05, 0) is 43.4 Å². The first-order valence-corrected chi connectivity index (χ1v) is 6.67. The van der Waals surface area contributed by atoms with Crippen molar-refractivity contribution in [3.63, 3.8) is 0 Å². The SMILES string of the molecule is CC(Cc1ccc(O)cc1)NC(CCO)C(C)C. The third-order valence-electron chi connectivity index (χ3n) is 3.22. The number of aliphatic hydroxyl groups excluding tert-OH is 1. The minimum Gasteiger partial charge on any atom is -0.508 e. The minimum absolute atomic E-state index is 0.224. The number of phenols is 1. The summed E-state index contributed by atoms with van der Waals surface area (Å²) in [6, 6.07) is 8.04. The number of aromatic hydroxyl groups is 1. The molecule has 3 nitrogen and oxygen atoms in total. The van der Waals surface area contributed by atoms with Gasteiger partial charge >= 0.3 is 0 Å². The summed E-state index contributed by atoms with van der Waals surface area (Å²) in [4.78, 5) is 0. The Balaban J connectivity index is 2.49. The molecule has 0 heterocycles. The van der Waals surface area contributed by atoms with Gasteiger partial charge in [-0.3, -0.25) is 0 Å². The van der Waals surface area contributed by atoms with Gasteiger partial charge in [0.15, 0.2) is 0 Å². The highest BCUT2D eigenvalue weighted by Crippen LogP contribution is 2.13. The first-order chi connectivity index (χ1) is 8.52. The van der Waals surface area contributed by atoms with Crippen LogP contribution in [0.4, 0.5) is 0 Å². The minimum atomic E-state index is 0.224. The van der Waals surface area contributed by atoms with E-state index >= 15 is 0 Å². The normalized spacial score (nSPS) is 14.7. The van der Waals surface area contributed by atoms with E-state index in [9.17, 15) is 5.11 Å². The highest BCUT2D eigenvalue weighted by molar-refractivity contribution is 5.26. The summed E-state index contributed by atoms with van der Waals surface area (Å²) in [5.74, 6) is 0.819. The highest BCUT2D eigenvalue weighted by Gasteiger charge is 2.15.